The van der Waals surface area contributed by atoms with Gasteiger partial charge in [-0.15, -0.1) is 0 Å². The van der Waals surface area contributed by atoms with Crippen LogP contribution in [-0.4, -0.2) is 14.7 Å². The number of nitro benzene ring substituents is 1. The first-order valence-corrected chi connectivity index (χ1v) is 10.4. The molecule has 0 saturated heterocycles. The Morgan fingerprint density at radius 1 is 1.04 bits per heavy atom. The van der Waals surface area contributed by atoms with Gasteiger partial charge in [-0.1, -0.05) is 66.7 Å². The molecule has 0 saturated carbocycles. The van der Waals surface area contributed by atoms with Crippen LogP contribution < -0.4 is 4.43 Å². The van der Waals surface area contributed by atoms with Gasteiger partial charge in [0.25, 0.3) is 5.69 Å². The largest absolute Gasteiger partial charge is 0.540 e. The molecule has 0 amide bonds. The molecule has 0 N–H and O–H groups in total. The lowest BCUT2D eigenvalue weighted by Gasteiger charge is -2.40. The maximum atomic E-state index is 10.8. The smallest absolute Gasteiger partial charge is 0.318 e. The molecule has 2 radical (unpaired) electrons. The predicted octanol–water partition coefficient (Wildman–Crippen LogP) is 6.42. The van der Waals surface area contributed by atoms with Crippen LogP contribution in [0.2, 0.25) is 5.04 Å². The zero-order valence-corrected chi connectivity index (χ0v) is 17.4. The number of nitro groups is 1. The van der Waals surface area contributed by atoms with Gasteiger partial charge in [0.15, 0.2) is 0 Å². The average Bonchev–Trinajstić information content (AvgIpc) is 2.57. The SMILES string of the molecule is CCCCCCCC([Si]Oc1ccc([N+](=O)[O-])cc1)(C(C)C)C(C)C. The van der Waals surface area contributed by atoms with Crippen LogP contribution in [0.3, 0.4) is 0 Å². The first-order chi connectivity index (χ1) is 11.8. The van der Waals surface area contributed by atoms with Gasteiger partial charge in [-0.2, -0.15) is 0 Å². The highest BCUT2D eigenvalue weighted by atomic mass is 28.2. The van der Waals surface area contributed by atoms with Gasteiger partial charge in [0.05, 0.1) is 4.92 Å². The van der Waals surface area contributed by atoms with Gasteiger partial charge in [-0.3, -0.25) is 10.1 Å². The Labute approximate surface area is 155 Å². The Bertz CT molecular complexity index is 506. The minimum atomic E-state index is -0.380. The fourth-order valence-electron chi connectivity index (χ4n) is 3.34. The van der Waals surface area contributed by atoms with Crippen LogP contribution in [-0.2, 0) is 0 Å². The van der Waals surface area contributed by atoms with E-state index in [4.69, 9.17) is 4.43 Å². The number of hydrogen-bond donors (Lipinski definition) is 0. The normalized spacial score (nSPS) is 12.0. The summed E-state index contributed by atoms with van der Waals surface area (Å²) in [5.74, 6) is 1.80. The molecule has 4 nitrogen and oxygen atoms in total. The highest BCUT2D eigenvalue weighted by molar-refractivity contribution is 6.33. The molecule has 0 spiro atoms. The number of unbranched alkanes of at least 4 members (excludes halogenated alkanes) is 4. The lowest BCUT2D eigenvalue weighted by Crippen LogP contribution is -2.35. The van der Waals surface area contributed by atoms with E-state index in [-0.39, 0.29) is 15.6 Å². The Kier molecular flexibility index (Phi) is 9.18. The molecule has 1 aromatic carbocycles. The molecular weight excluding hydrogens is 330 g/mol. The van der Waals surface area contributed by atoms with Crippen molar-refractivity contribution < 1.29 is 9.35 Å². The second kappa shape index (κ2) is 10.6. The van der Waals surface area contributed by atoms with Crippen molar-refractivity contribution in [2.45, 2.75) is 78.2 Å². The van der Waals surface area contributed by atoms with E-state index in [1.165, 1.54) is 50.7 Å². The van der Waals surface area contributed by atoms with E-state index in [0.29, 0.717) is 21.6 Å². The fourth-order valence-corrected chi connectivity index (χ4v) is 4.54. The van der Waals surface area contributed by atoms with Crippen molar-refractivity contribution in [3.05, 3.63) is 34.4 Å². The highest BCUT2D eigenvalue weighted by Gasteiger charge is 2.39. The minimum Gasteiger partial charge on any atom is -0.540 e. The topological polar surface area (TPSA) is 52.4 Å². The molecule has 140 valence electrons. The summed E-state index contributed by atoms with van der Waals surface area (Å²) in [4.78, 5) is 10.4. The van der Waals surface area contributed by atoms with E-state index in [2.05, 4.69) is 34.6 Å². The molecule has 25 heavy (non-hydrogen) atoms. The second-order valence-electron chi connectivity index (χ2n) is 7.47. The van der Waals surface area contributed by atoms with Gasteiger partial charge in [-0.25, -0.2) is 0 Å². The van der Waals surface area contributed by atoms with Crippen LogP contribution in [0.1, 0.15) is 73.1 Å². The maximum Gasteiger partial charge on any atom is 0.318 e. The van der Waals surface area contributed by atoms with Gasteiger partial charge in [0, 0.05) is 17.2 Å². The van der Waals surface area contributed by atoms with Gasteiger partial charge < -0.3 is 4.43 Å². The van der Waals surface area contributed by atoms with E-state index < -0.39 is 0 Å². The maximum absolute atomic E-state index is 10.8. The Hall–Kier alpha value is -1.36. The number of hydrogen-bond acceptors (Lipinski definition) is 3. The van der Waals surface area contributed by atoms with E-state index in [1.54, 1.807) is 12.1 Å². The third-order valence-corrected chi connectivity index (χ3v) is 7.28. The van der Waals surface area contributed by atoms with Crippen molar-refractivity contribution in [2.24, 2.45) is 11.8 Å². The molecule has 0 atom stereocenters. The zero-order chi connectivity index (χ0) is 18.9. The molecule has 0 unspecified atom stereocenters. The molecule has 1 rings (SSSR count). The molecular formula is C20H33NO3Si. The number of non-ortho nitro benzene ring substituents is 1. The third-order valence-electron chi connectivity index (χ3n) is 5.16. The van der Waals surface area contributed by atoms with Crippen molar-refractivity contribution in [2.75, 3.05) is 0 Å². The van der Waals surface area contributed by atoms with Gasteiger partial charge in [0.1, 0.15) is 5.75 Å². The van der Waals surface area contributed by atoms with Crippen molar-refractivity contribution >= 4 is 15.5 Å². The fraction of sp³-hybridized carbons (Fsp3) is 0.700. The molecule has 0 aliphatic rings. The summed E-state index contributed by atoms with van der Waals surface area (Å²) in [7, 11) is 0.365. The number of rotatable bonds is 12. The molecule has 0 fully saturated rings. The summed E-state index contributed by atoms with van der Waals surface area (Å²) in [6.07, 6.45) is 7.61. The molecule has 1 aromatic rings. The molecule has 0 aromatic heterocycles. The zero-order valence-electron chi connectivity index (χ0n) is 16.4. The summed E-state index contributed by atoms with van der Waals surface area (Å²) in [6, 6.07) is 6.43. The third kappa shape index (κ3) is 6.46. The number of nitrogens with zero attached hydrogens (tertiary/aromatic N) is 1. The number of benzene rings is 1. The van der Waals surface area contributed by atoms with Crippen molar-refractivity contribution in [3.8, 4) is 5.75 Å². The predicted molar refractivity (Wildman–Crippen MR) is 105 cm³/mol. The standard InChI is InChI=1S/C20H33NO3Si/c1-6-7-8-9-10-15-20(16(2)3,17(4)5)25-24-19-13-11-18(12-14-19)21(22)23/h11-14,16-17H,6-10,15H2,1-5H3. The average molecular weight is 364 g/mol. The molecule has 0 aliphatic carbocycles. The van der Waals surface area contributed by atoms with E-state index in [9.17, 15) is 10.1 Å². The molecule has 5 heteroatoms. The van der Waals surface area contributed by atoms with Crippen molar-refractivity contribution in [1.82, 2.24) is 0 Å². The Balaban J connectivity index is 2.73. The summed E-state index contributed by atoms with van der Waals surface area (Å²) in [6.45, 7) is 11.4. The Morgan fingerprint density at radius 3 is 2.08 bits per heavy atom. The van der Waals surface area contributed by atoms with Gasteiger partial charge in [0.2, 0.25) is 0 Å². The van der Waals surface area contributed by atoms with Crippen molar-refractivity contribution in [3.63, 3.8) is 0 Å². The summed E-state index contributed by atoms with van der Waals surface area (Å²) >= 11 is 0. The monoisotopic (exact) mass is 363 g/mol. The molecule has 0 heterocycles. The van der Waals surface area contributed by atoms with Crippen LogP contribution in [0.5, 0.6) is 5.75 Å². The van der Waals surface area contributed by atoms with Crippen molar-refractivity contribution in [1.29, 1.82) is 0 Å². The highest BCUT2D eigenvalue weighted by Crippen LogP contribution is 2.47. The summed E-state index contributed by atoms with van der Waals surface area (Å²) < 4.78 is 6.11. The van der Waals surface area contributed by atoms with Crippen LogP contribution in [0.4, 0.5) is 5.69 Å². The van der Waals surface area contributed by atoms with Crippen LogP contribution >= 0.6 is 0 Å². The van der Waals surface area contributed by atoms with E-state index >= 15 is 0 Å². The minimum absolute atomic E-state index is 0.102. The first kappa shape index (κ1) is 21.7. The summed E-state index contributed by atoms with van der Waals surface area (Å²) in [5.41, 5.74) is 0.102. The second-order valence-corrected chi connectivity index (χ2v) is 8.81. The van der Waals surface area contributed by atoms with E-state index in [0.717, 1.165) is 5.75 Å². The lowest BCUT2D eigenvalue weighted by molar-refractivity contribution is -0.384. The van der Waals surface area contributed by atoms with Gasteiger partial charge in [-0.05, 0) is 30.4 Å². The molecule has 0 aliphatic heterocycles. The van der Waals surface area contributed by atoms with Crippen LogP contribution in [0, 0.1) is 22.0 Å². The lowest BCUT2D eigenvalue weighted by atomic mass is 9.80. The van der Waals surface area contributed by atoms with E-state index in [1.807, 2.05) is 0 Å². The van der Waals surface area contributed by atoms with Crippen LogP contribution in [0.25, 0.3) is 0 Å². The van der Waals surface area contributed by atoms with Gasteiger partial charge >= 0.3 is 9.76 Å². The van der Waals surface area contributed by atoms with Crippen LogP contribution in [0.15, 0.2) is 24.3 Å². The quantitative estimate of drug-likeness (QED) is 0.186. The molecule has 0 bridgehead atoms. The first-order valence-electron chi connectivity index (χ1n) is 9.52. The Morgan fingerprint density at radius 2 is 1.60 bits per heavy atom. The summed E-state index contributed by atoms with van der Waals surface area (Å²) in [5, 5.41) is 10.9.